The summed E-state index contributed by atoms with van der Waals surface area (Å²) in [6, 6.07) is 13.5. The first-order valence-electron chi connectivity index (χ1n) is 14.3. The Morgan fingerprint density at radius 3 is 2.39 bits per heavy atom. The smallest absolute Gasteiger partial charge is 0.410 e. The van der Waals surface area contributed by atoms with Gasteiger partial charge in [-0.2, -0.15) is 0 Å². The number of amides is 1. The van der Waals surface area contributed by atoms with Crippen molar-refractivity contribution in [3.63, 3.8) is 0 Å². The van der Waals surface area contributed by atoms with Gasteiger partial charge < -0.3 is 9.64 Å². The summed E-state index contributed by atoms with van der Waals surface area (Å²) in [6.07, 6.45) is 5.53. The van der Waals surface area contributed by atoms with Gasteiger partial charge in [-0.05, 0) is 101 Å². The van der Waals surface area contributed by atoms with Crippen molar-refractivity contribution in [1.82, 2.24) is 9.80 Å². The van der Waals surface area contributed by atoms with Crippen LogP contribution in [0.4, 0.5) is 9.18 Å². The van der Waals surface area contributed by atoms with Crippen LogP contribution in [-0.2, 0) is 17.7 Å². The van der Waals surface area contributed by atoms with Crippen LogP contribution in [0.25, 0.3) is 0 Å². The molecule has 5 rings (SSSR count). The number of carbonyl (C=O) groups excluding carboxylic acids is 2. The maximum Gasteiger partial charge on any atom is 0.410 e. The highest BCUT2D eigenvalue weighted by Gasteiger charge is 2.34. The van der Waals surface area contributed by atoms with Gasteiger partial charge in [-0.3, -0.25) is 9.69 Å². The van der Waals surface area contributed by atoms with Gasteiger partial charge in [0.25, 0.3) is 0 Å². The Bertz CT molecular complexity index is 1160. The quantitative estimate of drug-likeness (QED) is 0.446. The molecule has 2 aromatic carbocycles. The van der Waals surface area contributed by atoms with E-state index in [2.05, 4.69) is 17.0 Å². The van der Waals surface area contributed by atoms with E-state index in [4.69, 9.17) is 4.74 Å². The summed E-state index contributed by atoms with van der Waals surface area (Å²) in [6.45, 7) is 9.67. The second-order valence-electron chi connectivity index (χ2n) is 12.5. The van der Waals surface area contributed by atoms with Crippen molar-refractivity contribution in [2.45, 2.75) is 77.4 Å². The topological polar surface area (TPSA) is 49.9 Å². The molecule has 1 amide bonds. The lowest BCUT2D eigenvalue weighted by molar-refractivity contribution is 0.0204. The summed E-state index contributed by atoms with van der Waals surface area (Å²) in [5.74, 6) is 1.22. The van der Waals surface area contributed by atoms with E-state index in [1.165, 1.54) is 17.2 Å². The molecule has 204 valence electrons. The van der Waals surface area contributed by atoms with Gasteiger partial charge in [-0.25, -0.2) is 9.18 Å². The second-order valence-corrected chi connectivity index (χ2v) is 12.5. The number of piperidine rings is 2. The van der Waals surface area contributed by atoms with Crippen LogP contribution < -0.4 is 0 Å². The van der Waals surface area contributed by atoms with Crippen LogP contribution >= 0.6 is 0 Å². The van der Waals surface area contributed by atoms with Crippen molar-refractivity contribution in [3.05, 3.63) is 70.5 Å². The van der Waals surface area contributed by atoms with Gasteiger partial charge in [0.2, 0.25) is 0 Å². The van der Waals surface area contributed by atoms with Gasteiger partial charge >= 0.3 is 6.09 Å². The Hall–Kier alpha value is -2.73. The van der Waals surface area contributed by atoms with E-state index in [-0.39, 0.29) is 17.8 Å². The summed E-state index contributed by atoms with van der Waals surface area (Å²) >= 11 is 0. The molecule has 5 nitrogen and oxygen atoms in total. The zero-order valence-corrected chi connectivity index (χ0v) is 23.0. The van der Waals surface area contributed by atoms with E-state index in [9.17, 15) is 14.0 Å². The number of carbonyl (C=O) groups is 2. The molecule has 0 saturated carbocycles. The second kappa shape index (κ2) is 11.2. The van der Waals surface area contributed by atoms with Crippen LogP contribution in [0, 0.1) is 17.7 Å². The number of likely N-dealkylation sites (tertiary alicyclic amines) is 2. The largest absolute Gasteiger partial charge is 0.444 e. The summed E-state index contributed by atoms with van der Waals surface area (Å²) in [5.41, 5.74) is 3.68. The lowest BCUT2D eigenvalue weighted by Gasteiger charge is -2.33. The Morgan fingerprint density at radius 1 is 1.00 bits per heavy atom. The summed E-state index contributed by atoms with van der Waals surface area (Å²) in [7, 11) is 0. The van der Waals surface area contributed by atoms with Crippen LogP contribution in [0.1, 0.15) is 85.8 Å². The van der Waals surface area contributed by atoms with E-state index in [0.29, 0.717) is 37.3 Å². The first-order chi connectivity index (χ1) is 18.2. The van der Waals surface area contributed by atoms with E-state index < -0.39 is 5.60 Å². The fourth-order valence-corrected chi connectivity index (χ4v) is 6.42. The van der Waals surface area contributed by atoms with Crippen LogP contribution in [0.15, 0.2) is 42.5 Å². The number of halogens is 1. The van der Waals surface area contributed by atoms with Crippen LogP contribution in [0.2, 0.25) is 0 Å². The first kappa shape index (κ1) is 26.9. The van der Waals surface area contributed by atoms with Gasteiger partial charge in [0, 0.05) is 36.7 Å². The molecule has 38 heavy (non-hydrogen) atoms. The third kappa shape index (κ3) is 6.28. The molecule has 0 spiro atoms. The third-order valence-electron chi connectivity index (χ3n) is 8.53. The molecule has 0 bridgehead atoms. The Labute approximate surface area is 226 Å². The molecule has 2 aromatic rings. The minimum absolute atomic E-state index is 0.0809. The minimum Gasteiger partial charge on any atom is -0.444 e. The molecule has 2 heterocycles. The molecule has 0 aromatic heterocycles. The number of hydrogen-bond donors (Lipinski definition) is 0. The number of nitrogens with zero attached hydrogens (tertiary/aromatic N) is 2. The zero-order valence-electron chi connectivity index (χ0n) is 23.0. The predicted octanol–water partition coefficient (Wildman–Crippen LogP) is 6.60. The lowest BCUT2D eigenvalue weighted by Crippen LogP contribution is -2.41. The fraction of sp³-hybridized carbons (Fsp3) is 0.562. The third-order valence-corrected chi connectivity index (χ3v) is 8.53. The van der Waals surface area contributed by atoms with E-state index in [0.717, 1.165) is 62.7 Å². The highest BCUT2D eigenvalue weighted by molar-refractivity contribution is 6.02. The van der Waals surface area contributed by atoms with Crippen molar-refractivity contribution >= 4 is 11.9 Å². The van der Waals surface area contributed by atoms with Crippen molar-refractivity contribution in [3.8, 4) is 0 Å². The van der Waals surface area contributed by atoms with Crippen molar-refractivity contribution in [2.24, 2.45) is 11.8 Å². The minimum atomic E-state index is -0.477. The average molecular weight is 521 g/mol. The Balaban J connectivity index is 1.12. The molecule has 1 unspecified atom stereocenters. The van der Waals surface area contributed by atoms with Crippen LogP contribution in [-0.4, -0.2) is 53.5 Å². The van der Waals surface area contributed by atoms with Gasteiger partial charge in [-0.15, -0.1) is 0 Å². The van der Waals surface area contributed by atoms with Gasteiger partial charge in [-0.1, -0.05) is 36.4 Å². The zero-order chi connectivity index (χ0) is 26.9. The number of benzene rings is 2. The van der Waals surface area contributed by atoms with Crippen LogP contribution in [0.5, 0.6) is 0 Å². The summed E-state index contributed by atoms with van der Waals surface area (Å²) in [5, 5.41) is 0. The molecule has 6 heteroatoms. The standard InChI is InChI=1S/C32H41FN2O3/c1-32(2,3)38-31(37)35-16-12-23(13-17-35)24-8-9-28-26(19-24)20-27(30(28)36)18-22-10-14-34(15-11-22)21-25-6-4-5-7-29(25)33/h4-9,19,22-23,27H,10-18,20-21H2,1-3H3. The normalized spacial score (nSPS) is 21.5. The molecule has 3 aliphatic rings. The van der Waals surface area contributed by atoms with Crippen LogP contribution in [0.3, 0.4) is 0 Å². The molecular weight excluding hydrogens is 479 g/mol. The predicted molar refractivity (Wildman–Crippen MR) is 147 cm³/mol. The molecule has 2 saturated heterocycles. The lowest BCUT2D eigenvalue weighted by atomic mass is 9.85. The molecular formula is C32H41FN2O3. The Kier molecular flexibility index (Phi) is 7.90. The van der Waals surface area contributed by atoms with Crippen molar-refractivity contribution < 1.29 is 18.7 Å². The van der Waals surface area contributed by atoms with E-state index in [1.54, 1.807) is 6.07 Å². The number of ketones is 1. The summed E-state index contributed by atoms with van der Waals surface area (Å²) < 4.78 is 19.6. The van der Waals surface area contributed by atoms with Gasteiger partial charge in [0.15, 0.2) is 5.78 Å². The fourth-order valence-electron chi connectivity index (χ4n) is 6.42. The molecule has 1 atom stereocenters. The van der Waals surface area contributed by atoms with Gasteiger partial charge in [0.1, 0.15) is 11.4 Å². The Morgan fingerprint density at radius 2 is 1.71 bits per heavy atom. The van der Waals surface area contributed by atoms with E-state index >= 15 is 0 Å². The maximum atomic E-state index is 14.0. The SMILES string of the molecule is CC(C)(C)OC(=O)N1CCC(c2ccc3c(c2)CC(CC2CCN(Cc4ccccc4F)CC2)C3=O)CC1. The number of Topliss-reactive ketones (excluding diaryl/α,β-unsaturated/α-hetero) is 1. The molecule has 0 radical (unpaired) electrons. The molecule has 2 aliphatic heterocycles. The molecule has 2 fully saturated rings. The number of hydrogen-bond acceptors (Lipinski definition) is 4. The number of fused-ring (bicyclic) bond motifs is 1. The molecule has 0 N–H and O–H groups in total. The maximum absolute atomic E-state index is 14.0. The number of ether oxygens (including phenoxy) is 1. The van der Waals surface area contributed by atoms with Crippen molar-refractivity contribution in [2.75, 3.05) is 26.2 Å². The average Bonchev–Trinajstić information content (AvgIpc) is 3.20. The monoisotopic (exact) mass is 520 g/mol. The van der Waals surface area contributed by atoms with Crippen molar-refractivity contribution in [1.29, 1.82) is 0 Å². The highest BCUT2D eigenvalue weighted by Crippen LogP contribution is 2.37. The van der Waals surface area contributed by atoms with Gasteiger partial charge in [0.05, 0.1) is 0 Å². The molecule has 1 aliphatic carbocycles. The summed E-state index contributed by atoms with van der Waals surface area (Å²) in [4.78, 5) is 29.8. The number of rotatable bonds is 5. The van der Waals surface area contributed by atoms with E-state index in [1.807, 2.05) is 43.9 Å². The highest BCUT2D eigenvalue weighted by atomic mass is 19.1. The first-order valence-corrected chi connectivity index (χ1v) is 14.3.